The number of ether oxygens (including phenoxy) is 3. The molecule has 2 aromatic rings. The second-order valence-electron chi connectivity index (χ2n) is 4.22. The highest BCUT2D eigenvalue weighted by Gasteiger charge is 2.12. The molecule has 6 heteroatoms. The molecule has 0 aliphatic carbocycles. The molecule has 1 heterocycles. The van der Waals surface area contributed by atoms with Crippen molar-refractivity contribution < 1.29 is 14.2 Å². The fourth-order valence-corrected chi connectivity index (χ4v) is 2.66. The van der Waals surface area contributed by atoms with Crippen molar-refractivity contribution in [1.82, 2.24) is 5.32 Å². The molecule has 1 N–H and O–H groups in total. The Bertz CT molecular complexity index is 521. The standard InChI is InChI=1S/C15H19NO3S.ClH/c1-17-13-7-11(8-14(18-2)15(13)19-3)9-16-10-12-5-4-6-20-12;/h4-8,16H,9-10H2,1-3H3;1H. The molecule has 2 rings (SSSR count). The summed E-state index contributed by atoms with van der Waals surface area (Å²) in [6.45, 7) is 1.60. The van der Waals surface area contributed by atoms with Crippen molar-refractivity contribution >= 4 is 23.7 Å². The number of halogens is 1. The van der Waals surface area contributed by atoms with Gasteiger partial charge in [0.05, 0.1) is 21.3 Å². The number of rotatable bonds is 7. The molecular formula is C15H20ClNO3S. The van der Waals surface area contributed by atoms with E-state index in [1.165, 1.54) is 4.88 Å². The van der Waals surface area contributed by atoms with Gasteiger partial charge in [-0.1, -0.05) is 6.07 Å². The van der Waals surface area contributed by atoms with Crippen LogP contribution in [0.4, 0.5) is 0 Å². The predicted octanol–water partition coefficient (Wildman–Crippen LogP) is 3.49. The smallest absolute Gasteiger partial charge is 0.203 e. The Labute approximate surface area is 135 Å². The Kier molecular flexibility index (Phi) is 7.36. The van der Waals surface area contributed by atoms with Crippen LogP contribution in [0.1, 0.15) is 10.4 Å². The fraction of sp³-hybridized carbons (Fsp3) is 0.333. The van der Waals surface area contributed by atoms with Crippen LogP contribution in [-0.4, -0.2) is 21.3 Å². The number of thiophene rings is 1. The van der Waals surface area contributed by atoms with E-state index in [4.69, 9.17) is 14.2 Å². The first kappa shape index (κ1) is 17.6. The van der Waals surface area contributed by atoms with Gasteiger partial charge in [0.1, 0.15) is 0 Å². The summed E-state index contributed by atoms with van der Waals surface area (Å²) >= 11 is 1.75. The number of hydrogen-bond acceptors (Lipinski definition) is 5. The van der Waals surface area contributed by atoms with Crippen LogP contribution in [-0.2, 0) is 13.1 Å². The Morgan fingerprint density at radius 3 is 2.14 bits per heavy atom. The van der Waals surface area contributed by atoms with Gasteiger partial charge in [-0.3, -0.25) is 0 Å². The highest BCUT2D eigenvalue weighted by atomic mass is 35.5. The van der Waals surface area contributed by atoms with Gasteiger partial charge in [0.15, 0.2) is 11.5 Å². The molecule has 0 saturated carbocycles. The fourth-order valence-electron chi connectivity index (χ4n) is 1.98. The zero-order valence-electron chi connectivity index (χ0n) is 12.3. The van der Waals surface area contributed by atoms with Crippen molar-refractivity contribution in [1.29, 1.82) is 0 Å². The second-order valence-corrected chi connectivity index (χ2v) is 5.25. The Morgan fingerprint density at radius 1 is 1.00 bits per heavy atom. The lowest BCUT2D eigenvalue weighted by molar-refractivity contribution is 0.323. The Balaban J connectivity index is 0.00000220. The second kappa shape index (κ2) is 8.77. The van der Waals surface area contributed by atoms with Crippen LogP contribution in [0.2, 0.25) is 0 Å². The van der Waals surface area contributed by atoms with E-state index in [-0.39, 0.29) is 12.4 Å². The zero-order valence-corrected chi connectivity index (χ0v) is 14.0. The molecule has 21 heavy (non-hydrogen) atoms. The molecule has 116 valence electrons. The first-order chi connectivity index (χ1) is 9.78. The van der Waals surface area contributed by atoms with Gasteiger partial charge in [0.2, 0.25) is 5.75 Å². The summed E-state index contributed by atoms with van der Waals surface area (Å²) in [5.74, 6) is 1.98. The zero-order chi connectivity index (χ0) is 14.4. The van der Waals surface area contributed by atoms with E-state index in [1.54, 1.807) is 32.7 Å². The maximum atomic E-state index is 5.34. The maximum Gasteiger partial charge on any atom is 0.203 e. The van der Waals surface area contributed by atoms with E-state index in [2.05, 4.69) is 22.8 Å². The molecule has 1 aromatic carbocycles. The average molecular weight is 330 g/mol. The number of hydrogen-bond donors (Lipinski definition) is 1. The quantitative estimate of drug-likeness (QED) is 0.844. The lowest BCUT2D eigenvalue weighted by Crippen LogP contribution is -2.12. The molecule has 0 saturated heterocycles. The minimum Gasteiger partial charge on any atom is -0.493 e. The van der Waals surface area contributed by atoms with Crippen molar-refractivity contribution in [2.24, 2.45) is 0 Å². The molecule has 0 bridgehead atoms. The van der Waals surface area contributed by atoms with Gasteiger partial charge in [0.25, 0.3) is 0 Å². The topological polar surface area (TPSA) is 39.7 Å². The highest BCUT2D eigenvalue weighted by Crippen LogP contribution is 2.38. The van der Waals surface area contributed by atoms with Gasteiger partial charge in [-0.25, -0.2) is 0 Å². The van der Waals surface area contributed by atoms with Gasteiger partial charge in [-0.05, 0) is 29.1 Å². The first-order valence-corrected chi connectivity index (χ1v) is 7.18. The highest BCUT2D eigenvalue weighted by molar-refractivity contribution is 7.09. The molecule has 0 unspecified atom stereocenters. The third-order valence-corrected chi connectivity index (χ3v) is 3.81. The Morgan fingerprint density at radius 2 is 1.67 bits per heavy atom. The Hall–Kier alpha value is -1.43. The minimum atomic E-state index is 0. The molecule has 0 aliphatic rings. The largest absolute Gasteiger partial charge is 0.493 e. The van der Waals surface area contributed by atoms with Crippen LogP contribution >= 0.6 is 23.7 Å². The first-order valence-electron chi connectivity index (χ1n) is 6.30. The van der Waals surface area contributed by atoms with Crippen LogP contribution in [0, 0.1) is 0 Å². The van der Waals surface area contributed by atoms with Crippen LogP contribution in [0.3, 0.4) is 0 Å². The molecule has 0 spiro atoms. The van der Waals surface area contributed by atoms with Crippen molar-refractivity contribution in [3.63, 3.8) is 0 Å². The SMILES string of the molecule is COc1cc(CNCc2cccs2)cc(OC)c1OC.Cl. The summed E-state index contributed by atoms with van der Waals surface area (Å²) in [4.78, 5) is 1.32. The average Bonchev–Trinajstić information content (AvgIpc) is 2.99. The molecule has 4 nitrogen and oxygen atoms in total. The molecule has 0 radical (unpaired) electrons. The van der Waals surface area contributed by atoms with E-state index in [1.807, 2.05) is 12.1 Å². The van der Waals surface area contributed by atoms with E-state index in [9.17, 15) is 0 Å². The third-order valence-electron chi connectivity index (χ3n) is 2.93. The molecule has 0 amide bonds. The summed E-state index contributed by atoms with van der Waals surface area (Å²) in [5.41, 5.74) is 1.09. The van der Waals surface area contributed by atoms with E-state index >= 15 is 0 Å². The summed E-state index contributed by atoms with van der Waals surface area (Å²) in [5, 5.41) is 5.48. The van der Waals surface area contributed by atoms with E-state index < -0.39 is 0 Å². The number of nitrogens with one attached hydrogen (secondary N) is 1. The van der Waals surface area contributed by atoms with Gasteiger partial charge >= 0.3 is 0 Å². The van der Waals surface area contributed by atoms with Crippen LogP contribution < -0.4 is 19.5 Å². The third kappa shape index (κ3) is 4.52. The summed E-state index contributed by atoms with van der Waals surface area (Å²) < 4.78 is 16.0. The summed E-state index contributed by atoms with van der Waals surface area (Å²) in [7, 11) is 4.86. The van der Waals surface area contributed by atoms with Crippen molar-refractivity contribution in [3.05, 3.63) is 40.1 Å². The number of methoxy groups -OCH3 is 3. The van der Waals surface area contributed by atoms with Gasteiger partial charge in [-0.2, -0.15) is 0 Å². The minimum absolute atomic E-state index is 0. The molecule has 0 atom stereocenters. The van der Waals surface area contributed by atoms with Crippen LogP contribution in [0.25, 0.3) is 0 Å². The molecular weight excluding hydrogens is 310 g/mol. The monoisotopic (exact) mass is 329 g/mol. The predicted molar refractivity (Wildman–Crippen MR) is 88.2 cm³/mol. The lowest BCUT2D eigenvalue weighted by Gasteiger charge is -2.14. The van der Waals surface area contributed by atoms with Gasteiger partial charge in [-0.15, -0.1) is 23.7 Å². The molecule has 1 aromatic heterocycles. The lowest BCUT2D eigenvalue weighted by atomic mass is 10.1. The van der Waals surface area contributed by atoms with Crippen LogP contribution in [0.5, 0.6) is 17.2 Å². The normalized spacial score (nSPS) is 9.86. The van der Waals surface area contributed by atoms with Crippen LogP contribution in [0.15, 0.2) is 29.6 Å². The number of benzene rings is 1. The maximum absolute atomic E-state index is 5.34. The van der Waals surface area contributed by atoms with Crippen molar-refractivity contribution in [2.45, 2.75) is 13.1 Å². The van der Waals surface area contributed by atoms with Crippen molar-refractivity contribution in [2.75, 3.05) is 21.3 Å². The molecule has 0 aliphatic heterocycles. The molecule has 0 fully saturated rings. The van der Waals surface area contributed by atoms with Gasteiger partial charge in [0, 0.05) is 18.0 Å². The summed E-state index contributed by atoms with van der Waals surface area (Å²) in [6, 6.07) is 8.10. The van der Waals surface area contributed by atoms with E-state index in [0.717, 1.165) is 18.7 Å². The van der Waals surface area contributed by atoms with Crippen molar-refractivity contribution in [3.8, 4) is 17.2 Å². The van der Waals surface area contributed by atoms with E-state index in [0.29, 0.717) is 17.2 Å². The summed E-state index contributed by atoms with van der Waals surface area (Å²) in [6.07, 6.45) is 0. The van der Waals surface area contributed by atoms with Gasteiger partial charge < -0.3 is 19.5 Å².